The highest BCUT2D eigenvalue weighted by Gasteiger charge is 2.46. The molecule has 0 radical (unpaired) electrons. The van der Waals surface area contributed by atoms with Crippen LogP contribution >= 0.6 is 0 Å². The molecule has 0 saturated heterocycles. The Kier molecular flexibility index (Phi) is 16.8. The fourth-order valence-corrected chi connectivity index (χ4v) is 19.1. The van der Waals surface area contributed by atoms with Gasteiger partial charge in [-0.3, -0.25) is 0 Å². The van der Waals surface area contributed by atoms with Crippen molar-refractivity contribution < 1.29 is 27.4 Å². The van der Waals surface area contributed by atoms with E-state index in [9.17, 15) is 27.4 Å². The third-order valence-corrected chi connectivity index (χ3v) is 23.4. The molecular formula is C122H139BN4. The molecular weight excluding hydrogens is 1530 g/mol. The summed E-state index contributed by atoms with van der Waals surface area (Å²) >= 11 is 0. The van der Waals surface area contributed by atoms with Gasteiger partial charge in [-0.05, 0) is 297 Å². The van der Waals surface area contributed by atoms with Crippen molar-refractivity contribution in [2.45, 2.75) is 243 Å². The Morgan fingerprint density at radius 3 is 0.898 bits per heavy atom. The van der Waals surface area contributed by atoms with Crippen LogP contribution in [0.25, 0.3) is 99.5 Å². The van der Waals surface area contributed by atoms with Crippen LogP contribution in [0.1, 0.15) is 264 Å². The number of anilines is 6. The normalized spacial score (nSPS) is 16.6. The van der Waals surface area contributed by atoms with Crippen molar-refractivity contribution in [1.82, 2.24) is 9.13 Å². The molecule has 0 unspecified atom stereocenters. The van der Waals surface area contributed by atoms with Gasteiger partial charge in [0.05, 0.1) is 44.4 Å². The number of para-hydroxylation sites is 2. The minimum absolute atomic E-state index is 0.146. The Hall–Kier alpha value is -10.9. The van der Waals surface area contributed by atoms with E-state index in [1.807, 2.05) is 255 Å². The van der Waals surface area contributed by atoms with E-state index in [0.717, 1.165) is 55.3 Å². The summed E-state index contributed by atoms with van der Waals surface area (Å²) in [7, 11) is 0. The second-order valence-corrected chi connectivity index (χ2v) is 45.5. The van der Waals surface area contributed by atoms with E-state index in [-0.39, 0.29) is 46.0 Å². The van der Waals surface area contributed by atoms with Gasteiger partial charge in [-0.1, -0.05) is 345 Å². The lowest BCUT2D eigenvalue weighted by Crippen LogP contribution is -2.61. The van der Waals surface area contributed by atoms with E-state index in [4.69, 9.17) is 0 Å². The average molecular weight is 1690 g/mol. The summed E-state index contributed by atoms with van der Waals surface area (Å²) in [4.78, 5) is 4.63. The number of hydrogen-bond donors (Lipinski definition) is 0. The van der Waals surface area contributed by atoms with Gasteiger partial charge in [-0.25, -0.2) is 0 Å². The quantitative estimate of drug-likeness (QED) is 0.0897. The molecule has 0 amide bonds. The second kappa shape index (κ2) is 32.1. The monoisotopic (exact) mass is 1690 g/mol. The van der Waals surface area contributed by atoms with Gasteiger partial charge >= 0.3 is 0 Å². The molecule has 0 aliphatic carbocycles. The highest BCUT2D eigenvalue weighted by molar-refractivity contribution is 7.00. The largest absolute Gasteiger partial charge is 0.311 e. The molecule has 4 heterocycles. The van der Waals surface area contributed by atoms with E-state index in [1.165, 1.54) is 0 Å². The standard InChI is InChI=1S/C122H139BN4/c1-114(2,3)70-78-36-32-40-84(56-78)95-68-107(97(62-88(95)76-120(19,20)21)86-42-34-38-80(58-86)72-116(7,8)9)126-109-66-91(124-103-46-30-28-44-93(103)99-60-82(48-54-105(99)124)74-118(13,14)15)50-52-101(109)123-102-53-51-92(125-104-47-31-29-45-94(104)100-61-83(49-55-106(100)125)75-119(16,17)18)67-110(102)127(112-65-90(122(25,26)27)64-111(126)113(112)123)108-69-96(85-41-33-37-79(57-85)71-115(4,5)6)89(77-121(22,23)24)63-98(108)87-43-35-39-81(59-87)73-117(10,11)12/h28-69H,70-77H2,1-27H3/i28D,29D,30D,31D,44D,45D,46D,47D,70D2,71D2,72D2,73D2,74D2,75D2. The first-order valence-corrected chi connectivity index (χ1v) is 45.4. The van der Waals surface area contributed by atoms with Crippen molar-refractivity contribution in [3.63, 3.8) is 0 Å². The Balaban J connectivity index is 1.13. The van der Waals surface area contributed by atoms with Crippen LogP contribution in [0.3, 0.4) is 0 Å². The zero-order valence-electron chi connectivity index (χ0n) is 99.9. The van der Waals surface area contributed by atoms with Gasteiger partial charge in [0.15, 0.2) is 0 Å². The number of benzene rings is 13. The maximum absolute atomic E-state index is 10.2. The molecule has 127 heavy (non-hydrogen) atoms. The maximum atomic E-state index is 10.2. The van der Waals surface area contributed by atoms with Gasteiger partial charge in [-0.2, -0.15) is 0 Å². The molecule has 4 nitrogen and oxygen atoms in total. The lowest BCUT2D eigenvalue weighted by Gasteiger charge is -2.46. The van der Waals surface area contributed by atoms with Crippen LogP contribution < -0.4 is 26.2 Å². The van der Waals surface area contributed by atoms with Gasteiger partial charge in [-0.15, -0.1) is 0 Å². The van der Waals surface area contributed by atoms with Gasteiger partial charge in [0.2, 0.25) is 0 Å². The summed E-state index contributed by atoms with van der Waals surface area (Å²) in [6, 6.07) is 64.3. The number of aromatic nitrogens is 2. The van der Waals surface area contributed by atoms with Gasteiger partial charge in [0.25, 0.3) is 6.71 Å². The lowest BCUT2D eigenvalue weighted by atomic mass is 9.33. The van der Waals surface area contributed by atoms with E-state index in [0.29, 0.717) is 136 Å². The Morgan fingerprint density at radius 2 is 0.583 bits per heavy atom. The molecule has 0 atom stereocenters. The van der Waals surface area contributed by atoms with Crippen molar-refractivity contribution in [3.05, 3.63) is 305 Å². The van der Waals surface area contributed by atoms with Crippen molar-refractivity contribution in [2.24, 2.45) is 43.3 Å². The highest BCUT2D eigenvalue weighted by atomic mass is 15.2. The molecule has 15 aromatic rings. The minimum atomic E-state index is -1.96. The fraction of sp³-hybridized carbons (Fsp3) is 0.361. The Morgan fingerprint density at radius 1 is 0.268 bits per heavy atom. The van der Waals surface area contributed by atoms with Crippen LogP contribution in [0.2, 0.25) is 0 Å². The Labute approximate surface area is 790 Å². The van der Waals surface area contributed by atoms with Crippen LogP contribution in [0.15, 0.2) is 255 Å². The summed E-state index contributed by atoms with van der Waals surface area (Å²) in [5.41, 5.74) is 12.0. The summed E-state index contributed by atoms with van der Waals surface area (Å²) in [5.74, 6) is 0. The third kappa shape index (κ3) is 18.6. The molecule has 13 aromatic carbocycles. The Bertz CT molecular complexity index is 7470. The molecule has 2 aliphatic heterocycles. The molecule has 17 rings (SSSR count). The van der Waals surface area contributed by atoms with Gasteiger partial charge in [0.1, 0.15) is 0 Å². The molecule has 0 fully saturated rings. The molecule has 0 N–H and O–H groups in total. The van der Waals surface area contributed by atoms with Crippen molar-refractivity contribution in [1.29, 1.82) is 0 Å². The van der Waals surface area contributed by atoms with Crippen LogP contribution in [0.5, 0.6) is 0 Å². The summed E-state index contributed by atoms with van der Waals surface area (Å²) in [6.45, 7) is 52.6. The molecule has 2 aliphatic rings. The van der Waals surface area contributed by atoms with E-state index in [1.54, 1.807) is 24.3 Å². The number of rotatable bonds is 16. The summed E-state index contributed by atoms with van der Waals surface area (Å²) in [6.07, 6.45) is -10.5. The average Bonchev–Trinajstić information content (AvgIpc) is 1.38. The SMILES string of the molecule is [2H]c1c([2H])c([2H])c2c(c1[2H])c1cc(C([2H])([2H])C(C)(C)C)ccc1n2-c1ccc2c(c1)N(c1cc(-c3cccc(C([2H])([2H])C(C)(C)C)c3)c(CC(C)(C)C)cc1-c1cccc(C([2H])([2H])C(C)(C)C)c1)c1cc(C(C)(C)C)cc3c1B2c1ccc(-n2c4ccc(C([2H])([2H])C(C)(C)C)cc4c4c([2H])c([2H])c([2H])c([2H])c42)cc1N3c1cc(-c2cccc(C([2H])([2H])C(C)(C)C)c2)c(CC(C)(C)C)cc1-c1cccc(C([2H])([2H])C(C)(C)C)c1. The van der Waals surface area contributed by atoms with E-state index < -0.39 is 118 Å². The zero-order valence-corrected chi connectivity index (χ0v) is 79.9. The van der Waals surface area contributed by atoms with Crippen LogP contribution in [0, 0.1) is 43.3 Å². The van der Waals surface area contributed by atoms with E-state index in [2.05, 4.69) is 133 Å². The number of hydrogen-bond acceptors (Lipinski definition) is 2. The number of fused-ring (bicyclic) bond motifs is 10. The first-order chi connectivity index (χ1) is 67.5. The van der Waals surface area contributed by atoms with Crippen LogP contribution in [-0.2, 0) is 56.5 Å². The molecule has 0 bridgehead atoms. The zero-order chi connectivity index (χ0) is 108. The maximum Gasteiger partial charge on any atom is 0.252 e. The van der Waals surface area contributed by atoms with Crippen molar-refractivity contribution in [3.8, 4) is 55.9 Å². The van der Waals surface area contributed by atoms with Crippen LogP contribution in [-0.4, -0.2) is 15.8 Å². The molecule has 650 valence electrons. The lowest BCUT2D eigenvalue weighted by molar-refractivity contribution is 0.410. The summed E-state index contributed by atoms with van der Waals surface area (Å²) in [5, 5.41) is 1.16. The van der Waals surface area contributed by atoms with Crippen LogP contribution in [0.4, 0.5) is 34.1 Å². The second-order valence-electron chi connectivity index (χ2n) is 45.5. The molecule has 0 saturated carbocycles. The van der Waals surface area contributed by atoms with Gasteiger partial charge < -0.3 is 18.9 Å². The topological polar surface area (TPSA) is 16.3 Å². The van der Waals surface area contributed by atoms with Crippen molar-refractivity contribution in [2.75, 3.05) is 9.80 Å². The fourth-order valence-electron chi connectivity index (χ4n) is 19.1. The molecule has 5 heteroatoms. The predicted molar refractivity (Wildman–Crippen MR) is 555 cm³/mol. The smallest absolute Gasteiger partial charge is 0.252 e. The minimum Gasteiger partial charge on any atom is -0.311 e. The number of nitrogens with zero attached hydrogens (tertiary/aromatic N) is 4. The van der Waals surface area contributed by atoms with E-state index >= 15 is 0 Å². The van der Waals surface area contributed by atoms with Crippen molar-refractivity contribution >= 4 is 101 Å². The first kappa shape index (κ1) is 66.5. The molecule has 0 spiro atoms. The first-order valence-electron chi connectivity index (χ1n) is 55.4. The highest BCUT2D eigenvalue weighted by Crippen LogP contribution is 2.55. The summed E-state index contributed by atoms with van der Waals surface area (Å²) < 4.78 is 202. The van der Waals surface area contributed by atoms with Gasteiger partial charge in [0, 0.05) is 83.2 Å². The third-order valence-electron chi connectivity index (χ3n) is 23.4. The molecule has 2 aromatic heterocycles. The predicted octanol–water partition coefficient (Wildman–Crippen LogP) is 32.6.